The van der Waals surface area contributed by atoms with Crippen LogP contribution >= 0.6 is 0 Å². The van der Waals surface area contributed by atoms with Gasteiger partial charge in [0.05, 0.1) is 0 Å². The maximum absolute atomic E-state index is 2.27. The minimum atomic E-state index is 0.474. The predicted molar refractivity (Wildman–Crippen MR) is 74.5 cm³/mol. The molecule has 2 rings (SSSR count). The molecule has 0 saturated carbocycles. The van der Waals surface area contributed by atoms with Gasteiger partial charge in [0, 0.05) is 5.92 Å². The van der Waals surface area contributed by atoms with E-state index in [1.807, 2.05) is 0 Å². The molecule has 0 heteroatoms. The van der Waals surface area contributed by atoms with Gasteiger partial charge in [-0.3, -0.25) is 0 Å². The monoisotopic (exact) mass is 224 g/mol. The molecule has 0 radical (unpaired) electrons. The Hall–Kier alpha value is -1.56. The van der Waals surface area contributed by atoms with Crippen LogP contribution in [0.1, 0.15) is 42.0 Å². The van der Waals surface area contributed by atoms with Crippen LogP contribution in [0.5, 0.6) is 0 Å². The van der Waals surface area contributed by atoms with E-state index in [-0.39, 0.29) is 0 Å². The average molecular weight is 224 g/mol. The van der Waals surface area contributed by atoms with E-state index in [0.29, 0.717) is 5.92 Å². The van der Waals surface area contributed by atoms with Crippen LogP contribution < -0.4 is 0 Å². The Morgan fingerprint density at radius 1 is 0.824 bits per heavy atom. The van der Waals surface area contributed by atoms with E-state index in [2.05, 4.69) is 69.3 Å². The molecule has 0 aromatic heterocycles. The second-order valence-electron chi connectivity index (χ2n) is 4.73. The van der Waals surface area contributed by atoms with Crippen LogP contribution in [0.2, 0.25) is 0 Å². The predicted octanol–water partition coefficient (Wildman–Crippen LogP) is 4.71. The Kier molecular flexibility index (Phi) is 3.63. The SMILES string of the molecule is CCc1ccc(C(C)c2ccc(C)cc2)cc1. The molecule has 88 valence electrons. The van der Waals surface area contributed by atoms with E-state index in [0.717, 1.165) is 6.42 Å². The summed E-state index contributed by atoms with van der Waals surface area (Å²) in [5, 5.41) is 0. The quantitative estimate of drug-likeness (QED) is 0.708. The zero-order valence-electron chi connectivity index (χ0n) is 10.9. The fourth-order valence-corrected chi connectivity index (χ4v) is 2.09. The summed E-state index contributed by atoms with van der Waals surface area (Å²) in [5.41, 5.74) is 5.51. The van der Waals surface area contributed by atoms with Crippen LogP contribution in [0.15, 0.2) is 48.5 Å². The molecule has 0 bridgehead atoms. The molecule has 0 aliphatic rings. The molecule has 0 aliphatic heterocycles. The Balaban J connectivity index is 2.23. The fourth-order valence-electron chi connectivity index (χ4n) is 2.09. The summed E-state index contributed by atoms with van der Waals surface area (Å²) in [7, 11) is 0. The van der Waals surface area contributed by atoms with E-state index in [1.54, 1.807) is 0 Å². The van der Waals surface area contributed by atoms with Gasteiger partial charge in [-0.1, -0.05) is 67.9 Å². The van der Waals surface area contributed by atoms with Crippen molar-refractivity contribution in [1.82, 2.24) is 0 Å². The van der Waals surface area contributed by atoms with Gasteiger partial charge < -0.3 is 0 Å². The van der Waals surface area contributed by atoms with E-state index in [1.165, 1.54) is 22.3 Å². The third kappa shape index (κ3) is 2.76. The Morgan fingerprint density at radius 2 is 1.29 bits per heavy atom. The zero-order chi connectivity index (χ0) is 12.3. The standard InChI is InChI=1S/C17H20/c1-4-15-7-11-17(12-8-15)14(3)16-9-5-13(2)6-10-16/h5-12,14H,4H2,1-3H3. The first-order valence-corrected chi connectivity index (χ1v) is 6.36. The van der Waals surface area contributed by atoms with Gasteiger partial charge >= 0.3 is 0 Å². The lowest BCUT2D eigenvalue weighted by Gasteiger charge is -2.13. The van der Waals surface area contributed by atoms with Gasteiger partial charge in [0.15, 0.2) is 0 Å². The average Bonchev–Trinajstić information content (AvgIpc) is 2.39. The van der Waals surface area contributed by atoms with Gasteiger partial charge in [0.25, 0.3) is 0 Å². The number of aryl methyl sites for hydroxylation is 2. The van der Waals surface area contributed by atoms with Gasteiger partial charge in [-0.15, -0.1) is 0 Å². The van der Waals surface area contributed by atoms with Crippen molar-refractivity contribution < 1.29 is 0 Å². The largest absolute Gasteiger partial charge is 0.0613 e. The lowest BCUT2D eigenvalue weighted by molar-refractivity contribution is 0.918. The molecular formula is C17H20. The Labute approximate surface area is 104 Å². The summed E-state index contributed by atoms with van der Waals surface area (Å²) < 4.78 is 0. The second kappa shape index (κ2) is 5.18. The highest BCUT2D eigenvalue weighted by Crippen LogP contribution is 2.24. The van der Waals surface area contributed by atoms with Crippen molar-refractivity contribution in [3.05, 3.63) is 70.8 Å². The minimum Gasteiger partial charge on any atom is -0.0613 e. The maximum Gasteiger partial charge on any atom is 0.00610 e. The van der Waals surface area contributed by atoms with E-state index < -0.39 is 0 Å². The van der Waals surface area contributed by atoms with Crippen LogP contribution in [0, 0.1) is 6.92 Å². The summed E-state index contributed by atoms with van der Waals surface area (Å²) in [4.78, 5) is 0. The first-order chi connectivity index (χ1) is 8.20. The van der Waals surface area contributed by atoms with Crippen molar-refractivity contribution in [2.24, 2.45) is 0 Å². The molecule has 0 N–H and O–H groups in total. The molecule has 0 saturated heterocycles. The highest BCUT2D eigenvalue weighted by atomic mass is 14.1. The summed E-state index contributed by atoms with van der Waals surface area (Å²) in [6.07, 6.45) is 1.11. The van der Waals surface area contributed by atoms with Crippen molar-refractivity contribution >= 4 is 0 Å². The number of benzene rings is 2. The van der Waals surface area contributed by atoms with E-state index in [4.69, 9.17) is 0 Å². The summed E-state index contributed by atoms with van der Waals surface area (Å²) in [5.74, 6) is 0.474. The minimum absolute atomic E-state index is 0.474. The number of hydrogen-bond donors (Lipinski definition) is 0. The first kappa shape index (κ1) is 11.9. The number of hydrogen-bond acceptors (Lipinski definition) is 0. The highest BCUT2D eigenvalue weighted by Gasteiger charge is 2.07. The van der Waals surface area contributed by atoms with Crippen molar-refractivity contribution in [2.75, 3.05) is 0 Å². The van der Waals surface area contributed by atoms with Crippen molar-refractivity contribution in [1.29, 1.82) is 0 Å². The van der Waals surface area contributed by atoms with Crippen LogP contribution in [0.4, 0.5) is 0 Å². The fraction of sp³-hybridized carbons (Fsp3) is 0.294. The molecule has 0 amide bonds. The van der Waals surface area contributed by atoms with Gasteiger partial charge in [-0.25, -0.2) is 0 Å². The van der Waals surface area contributed by atoms with Crippen molar-refractivity contribution in [2.45, 2.75) is 33.1 Å². The zero-order valence-corrected chi connectivity index (χ0v) is 10.9. The third-order valence-corrected chi connectivity index (χ3v) is 3.47. The maximum atomic E-state index is 2.27. The molecule has 2 aromatic carbocycles. The van der Waals surface area contributed by atoms with Crippen LogP contribution in [-0.2, 0) is 6.42 Å². The highest BCUT2D eigenvalue weighted by molar-refractivity contribution is 5.34. The summed E-state index contributed by atoms with van der Waals surface area (Å²) in [6, 6.07) is 17.8. The molecule has 2 aromatic rings. The van der Waals surface area contributed by atoms with Gasteiger partial charge in [-0.05, 0) is 30.0 Å². The Morgan fingerprint density at radius 3 is 1.76 bits per heavy atom. The van der Waals surface area contributed by atoms with E-state index in [9.17, 15) is 0 Å². The molecule has 1 unspecified atom stereocenters. The smallest absolute Gasteiger partial charge is 0.00610 e. The summed E-state index contributed by atoms with van der Waals surface area (Å²) in [6.45, 7) is 6.59. The first-order valence-electron chi connectivity index (χ1n) is 6.36. The van der Waals surface area contributed by atoms with Gasteiger partial charge in [-0.2, -0.15) is 0 Å². The van der Waals surface area contributed by atoms with Gasteiger partial charge in [0.1, 0.15) is 0 Å². The van der Waals surface area contributed by atoms with Crippen LogP contribution in [0.3, 0.4) is 0 Å². The molecule has 0 fully saturated rings. The number of rotatable bonds is 3. The molecule has 0 aliphatic carbocycles. The lowest BCUT2D eigenvalue weighted by atomic mass is 9.92. The van der Waals surface area contributed by atoms with Crippen LogP contribution in [0.25, 0.3) is 0 Å². The summed E-state index contributed by atoms with van der Waals surface area (Å²) >= 11 is 0. The molecule has 1 atom stereocenters. The Bertz CT molecular complexity index is 462. The van der Waals surface area contributed by atoms with Crippen molar-refractivity contribution in [3.63, 3.8) is 0 Å². The lowest BCUT2D eigenvalue weighted by Crippen LogP contribution is -1.96. The molecule has 0 nitrogen and oxygen atoms in total. The molecule has 0 spiro atoms. The topological polar surface area (TPSA) is 0 Å². The third-order valence-electron chi connectivity index (χ3n) is 3.47. The van der Waals surface area contributed by atoms with E-state index >= 15 is 0 Å². The normalized spacial score (nSPS) is 12.4. The molecule has 0 heterocycles. The van der Waals surface area contributed by atoms with Gasteiger partial charge in [0.2, 0.25) is 0 Å². The second-order valence-corrected chi connectivity index (χ2v) is 4.73. The molecular weight excluding hydrogens is 204 g/mol. The van der Waals surface area contributed by atoms with Crippen LogP contribution in [-0.4, -0.2) is 0 Å². The van der Waals surface area contributed by atoms with Crippen molar-refractivity contribution in [3.8, 4) is 0 Å². The molecule has 17 heavy (non-hydrogen) atoms.